The normalized spacial score (nSPS) is 13.3. The van der Waals surface area contributed by atoms with Crippen LogP contribution in [-0.2, 0) is 16.0 Å². The molecule has 172 valence electrons. The Kier molecular flexibility index (Phi) is 6.68. The highest BCUT2D eigenvalue weighted by Crippen LogP contribution is 2.26. The molecule has 0 saturated heterocycles. The molecule has 0 spiro atoms. The molecule has 0 bridgehead atoms. The molecule has 34 heavy (non-hydrogen) atoms. The number of nitrogens with zero attached hydrogens (tertiary/aromatic N) is 1. The lowest BCUT2D eigenvalue weighted by atomic mass is 10.0. The highest BCUT2D eigenvalue weighted by Gasteiger charge is 2.42. The quantitative estimate of drug-likeness (QED) is 0.419. The molecule has 4 amide bonds. The molecular formula is C26H23N3O5. The molecule has 2 N–H and O–H groups in total. The third-order valence-electron chi connectivity index (χ3n) is 5.43. The molecule has 1 heterocycles. The summed E-state index contributed by atoms with van der Waals surface area (Å²) in [5.41, 5.74) is 6.92. The maximum atomic E-state index is 13.1. The van der Waals surface area contributed by atoms with Crippen LogP contribution in [0.4, 0.5) is 0 Å². The number of fused-ring (bicyclic) bond motifs is 1. The van der Waals surface area contributed by atoms with Crippen molar-refractivity contribution in [2.24, 2.45) is 0 Å². The lowest BCUT2D eigenvalue weighted by molar-refractivity contribution is -0.132. The summed E-state index contributed by atoms with van der Waals surface area (Å²) in [7, 11) is 0. The second-order valence-electron chi connectivity index (χ2n) is 7.87. The van der Waals surface area contributed by atoms with Crippen molar-refractivity contribution in [3.05, 3.63) is 101 Å². The summed E-state index contributed by atoms with van der Waals surface area (Å²) in [6.07, 6.45) is 0.0911. The first-order valence-corrected chi connectivity index (χ1v) is 10.7. The zero-order chi connectivity index (χ0) is 24.1. The number of amides is 4. The van der Waals surface area contributed by atoms with Crippen molar-refractivity contribution < 1.29 is 23.9 Å². The molecule has 1 atom stereocenters. The van der Waals surface area contributed by atoms with E-state index in [0.717, 1.165) is 16.0 Å². The molecule has 4 rings (SSSR count). The molecule has 8 nitrogen and oxygen atoms in total. The van der Waals surface area contributed by atoms with Crippen LogP contribution in [0.5, 0.6) is 5.75 Å². The van der Waals surface area contributed by atoms with Crippen molar-refractivity contribution in [3.63, 3.8) is 0 Å². The van der Waals surface area contributed by atoms with E-state index in [9.17, 15) is 19.2 Å². The second kappa shape index (κ2) is 9.99. The third kappa shape index (κ3) is 4.96. The molecule has 0 unspecified atom stereocenters. The van der Waals surface area contributed by atoms with Crippen molar-refractivity contribution >= 4 is 23.6 Å². The molecule has 0 fully saturated rings. The average molecular weight is 457 g/mol. The van der Waals surface area contributed by atoms with Crippen molar-refractivity contribution in [2.75, 3.05) is 6.61 Å². The molecule has 3 aromatic carbocycles. The van der Waals surface area contributed by atoms with Gasteiger partial charge in [-0.15, -0.1) is 0 Å². The molecule has 0 aliphatic carbocycles. The maximum absolute atomic E-state index is 13.1. The van der Waals surface area contributed by atoms with Crippen LogP contribution in [0.3, 0.4) is 0 Å². The van der Waals surface area contributed by atoms with Gasteiger partial charge in [-0.25, -0.2) is 0 Å². The fourth-order valence-corrected chi connectivity index (χ4v) is 3.66. The summed E-state index contributed by atoms with van der Waals surface area (Å²) in [5.74, 6) is -1.87. The fourth-order valence-electron chi connectivity index (χ4n) is 3.66. The predicted octanol–water partition coefficient (Wildman–Crippen LogP) is 2.43. The van der Waals surface area contributed by atoms with Crippen LogP contribution in [0, 0.1) is 6.92 Å². The van der Waals surface area contributed by atoms with E-state index >= 15 is 0 Å². The zero-order valence-corrected chi connectivity index (χ0v) is 18.5. The van der Waals surface area contributed by atoms with Gasteiger partial charge in [0.1, 0.15) is 11.8 Å². The number of ether oxygens (including phenoxy) is 1. The van der Waals surface area contributed by atoms with Crippen LogP contribution in [-0.4, -0.2) is 41.2 Å². The minimum Gasteiger partial charge on any atom is -0.484 e. The number of imide groups is 1. The summed E-state index contributed by atoms with van der Waals surface area (Å²) >= 11 is 0. The number of nitrogens with one attached hydrogen (secondary N) is 2. The van der Waals surface area contributed by atoms with Crippen LogP contribution in [0.25, 0.3) is 0 Å². The number of rotatable bonds is 7. The van der Waals surface area contributed by atoms with Crippen LogP contribution >= 0.6 is 0 Å². The summed E-state index contributed by atoms with van der Waals surface area (Å²) in [4.78, 5) is 52.2. The van der Waals surface area contributed by atoms with Crippen molar-refractivity contribution in [1.29, 1.82) is 0 Å². The number of hydrogen-bond acceptors (Lipinski definition) is 5. The standard InChI is InChI=1S/C26H23N3O5/c1-17-11-13-19(14-12-17)34-16-23(30)27-28-24(31)22(15-18-7-3-2-4-8-18)29-25(32)20-9-5-6-10-21(20)26(29)33/h2-14,22H,15-16H2,1H3,(H,27,30)(H,28,31)/t22-/m1/s1. The SMILES string of the molecule is Cc1ccc(OCC(=O)NNC(=O)[C@@H](Cc2ccccc2)N2C(=O)c3ccccc3C2=O)cc1. The Bertz CT molecular complexity index is 1190. The minimum atomic E-state index is -1.16. The highest BCUT2D eigenvalue weighted by atomic mass is 16.5. The van der Waals surface area contributed by atoms with Gasteiger partial charge in [0.05, 0.1) is 11.1 Å². The number of carbonyl (C=O) groups is 4. The van der Waals surface area contributed by atoms with Crippen LogP contribution < -0.4 is 15.6 Å². The second-order valence-corrected chi connectivity index (χ2v) is 7.87. The number of benzene rings is 3. The Morgan fingerprint density at radius 2 is 1.41 bits per heavy atom. The van der Waals surface area contributed by atoms with E-state index < -0.39 is 29.7 Å². The van der Waals surface area contributed by atoms with Gasteiger partial charge in [-0.05, 0) is 36.8 Å². The van der Waals surface area contributed by atoms with E-state index in [4.69, 9.17) is 4.74 Å². The summed E-state index contributed by atoms with van der Waals surface area (Å²) in [6, 6.07) is 21.5. The first kappa shape index (κ1) is 22.7. The Balaban J connectivity index is 1.45. The largest absolute Gasteiger partial charge is 0.484 e. The fraction of sp³-hybridized carbons (Fsp3) is 0.154. The zero-order valence-electron chi connectivity index (χ0n) is 18.5. The van der Waals surface area contributed by atoms with Crippen LogP contribution in [0.2, 0.25) is 0 Å². The topological polar surface area (TPSA) is 105 Å². The number of aryl methyl sites for hydroxylation is 1. The first-order chi connectivity index (χ1) is 16.4. The first-order valence-electron chi connectivity index (χ1n) is 10.7. The van der Waals surface area contributed by atoms with Crippen molar-refractivity contribution in [2.45, 2.75) is 19.4 Å². The van der Waals surface area contributed by atoms with Crippen LogP contribution in [0.15, 0.2) is 78.9 Å². The molecule has 8 heteroatoms. The van der Waals surface area contributed by atoms with Gasteiger partial charge in [0.25, 0.3) is 23.6 Å². The molecular weight excluding hydrogens is 434 g/mol. The number of carbonyl (C=O) groups excluding carboxylic acids is 4. The van der Waals surface area contributed by atoms with Gasteiger partial charge in [0, 0.05) is 6.42 Å². The van der Waals surface area contributed by atoms with Gasteiger partial charge in [-0.1, -0.05) is 60.2 Å². The minimum absolute atomic E-state index is 0.0911. The molecule has 1 aliphatic rings. The van der Waals surface area contributed by atoms with Gasteiger partial charge < -0.3 is 4.74 Å². The van der Waals surface area contributed by atoms with Gasteiger partial charge in [-0.2, -0.15) is 0 Å². The lowest BCUT2D eigenvalue weighted by Gasteiger charge is -2.25. The van der Waals surface area contributed by atoms with Gasteiger partial charge in [-0.3, -0.25) is 34.9 Å². The van der Waals surface area contributed by atoms with E-state index in [1.54, 1.807) is 60.7 Å². The number of hydrogen-bond donors (Lipinski definition) is 2. The van der Waals surface area contributed by atoms with E-state index in [-0.39, 0.29) is 24.2 Å². The smallest absolute Gasteiger partial charge is 0.276 e. The third-order valence-corrected chi connectivity index (χ3v) is 5.43. The molecule has 1 aliphatic heterocycles. The van der Waals surface area contributed by atoms with E-state index in [1.165, 1.54) is 0 Å². The highest BCUT2D eigenvalue weighted by molar-refractivity contribution is 6.22. The van der Waals surface area contributed by atoms with Crippen LogP contribution in [0.1, 0.15) is 31.8 Å². The Morgan fingerprint density at radius 1 is 0.824 bits per heavy atom. The Hall–Kier alpha value is -4.46. The summed E-state index contributed by atoms with van der Waals surface area (Å²) in [5, 5.41) is 0. The van der Waals surface area contributed by atoms with E-state index in [2.05, 4.69) is 10.9 Å². The van der Waals surface area contributed by atoms with E-state index in [0.29, 0.717) is 5.75 Å². The summed E-state index contributed by atoms with van der Waals surface area (Å²) in [6.45, 7) is 1.62. The van der Waals surface area contributed by atoms with Gasteiger partial charge >= 0.3 is 0 Å². The maximum Gasteiger partial charge on any atom is 0.276 e. The predicted molar refractivity (Wildman–Crippen MR) is 124 cm³/mol. The lowest BCUT2D eigenvalue weighted by Crippen LogP contribution is -2.55. The summed E-state index contributed by atoms with van der Waals surface area (Å²) < 4.78 is 5.41. The Labute approximate surface area is 196 Å². The average Bonchev–Trinajstić information content (AvgIpc) is 3.11. The monoisotopic (exact) mass is 457 g/mol. The molecule has 3 aromatic rings. The number of hydrazine groups is 1. The molecule has 0 radical (unpaired) electrons. The van der Waals surface area contributed by atoms with Gasteiger partial charge in [0.15, 0.2) is 6.61 Å². The molecule has 0 saturated carbocycles. The van der Waals surface area contributed by atoms with E-state index in [1.807, 2.05) is 25.1 Å². The van der Waals surface area contributed by atoms with Crippen molar-refractivity contribution in [3.8, 4) is 5.75 Å². The van der Waals surface area contributed by atoms with Gasteiger partial charge in [0.2, 0.25) is 0 Å². The Morgan fingerprint density at radius 3 is 2.03 bits per heavy atom. The molecule has 0 aromatic heterocycles. The van der Waals surface area contributed by atoms with Crippen molar-refractivity contribution in [1.82, 2.24) is 15.8 Å².